The van der Waals surface area contributed by atoms with E-state index in [9.17, 15) is 24.0 Å². The summed E-state index contributed by atoms with van der Waals surface area (Å²) in [6.45, 7) is 13.6. The number of hydrogen-bond donors (Lipinski definition) is 3. The van der Waals surface area contributed by atoms with E-state index in [1.165, 1.54) is 0 Å². The maximum absolute atomic E-state index is 13.8. The van der Waals surface area contributed by atoms with E-state index >= 15 is 0 Å². The second-order valence-corrected chi connectivity index (χ2v) is 13.4. The van der Waals surface area contributed by atoms with E-state index in [2.05, 4.69) is 22.9 Å². The van der Waals surface area contributed by atoms with Gasteiger partial charge in [0.05, 0.1) is 20.3 Å². The maximum Gasteiger partial charge on any atom is 0.289 e. The first-order valence-corrected chi connectivity index (χ1v) is 17.6. The fourth-order valence-electron chi connectivity index (χ4n) is 5.74. The summed E-state index contributed by atoms with van der Waals surface area (Å²) < 4.78 is 10.8. The first-order chi connectivity index (χ1) is 22.7. The number of nitrogens with zero attached hydrogens (tertiary/aromatic N) is 1. The molecule has 1 aromatic carbocycles. The van der Waals surface area contributed by atoms with Gasteiger partial charge < -0.3 is 30.3 Å². The molecule has 0 aliphatic heterocycles. The second-order valence-electron chi connectivity index (χ2n) is 13.4. The smallest absolute Gasteiger partial charge is 0.289 e. The number of nitrogens with one attached hydrogen (secondary N) is 3. The van der Waals surface area contributed by atoms with Gasteiger partial charge in [-0.2, -0.15) is 0 Å². The highest BCUT2D eigenvalue weighted by atomic mass is 16.5. The number of ether oxygens (including phenoxy) is 2. The van der Waals surface area contributed by atoms with Crippen LogP contribution in [-0.2, 0) is 30.5 Å². The maximum atomic E-state index is 13.8. The van der Waals surface area contributed by atoms with Gasteiger partial charge in [0.15, 0.2) is 0 Å². The minimum absolute atomic E-state index is 0.0673. The standard InChI is InChI=1S/C37H62N4O7/c1-11-14-15-17-27(16-12-2)34(43)40-31(20-24(4)5)35(44)39-30(33(42)36(45)38-25(6)7)21-26(13-3)37(46)41(8)23-28-18-19-29(47-9)22-32(28)48-10/h18-19,22,24-27,30-31H,11-17,20-21,23H2,1-10H3,(H,38,45)(H,39,44)(H,40,43)/t26?,27?,30-,31-/m0/s1. The van der Waals surface area contributed by atoms with Crippen molar-refractivity contribution in [3.8, 4) is 11.5 Å². The number of rotatable bonds is 23. The lowest BCUT2D eigenvalue weighted by atomic mass is 9.92. The van der Waals surface area contributed by atoms with Crippen molar-refractivity contribution in [3.63, 3.8) is 0 Å². The number of carbonyl (C=O) groups excluding carboxylic acids is 5. The summed E-state index contributed by atoms with van der Waals surface area (Å²) in [5, 5.41) is 8.35. The Morgan fingerprint density at radius 2 is 1.44 bits per heavy atom. The molecule has 48 heavy (non-hydrogen) atoms. The van der Waals surface area contributed by atoms with Crippen molar-refractivity contribution in [1.29, 1.82) is 0 Å². The molecule has 0 radical (unpaired) electrons. The zero-order chi connectivity index (χ0) is 36.4. The van der Waals surface area contributed by atoms with Crippen LogP contribution in [0.5, 0.6) is 11.5 Å². The van der Waals surface area contributed by atoms with Gasteiger partial charge in [0.1, 0.15) is 17.5 Å². The van der Waals surface area contributed by atoms with Gasteiger partial charge in [0.2, 0.25) is 23.5 Å². The average molecular weight is 675 g/mol. The number of carbonyl (C=O) groups is 5. The SMILES string of the molecule is CCCCCC(CCC)C(=O)N[C@@H](CC(C)C)C(=O)N[C@@H](CC(CC)C(=O)N(C)Cc1ccc(OC)cc1OC)C(=O)C(=O)NC(C)C. The van der Waals surface area contributed by atoms with Crippen LogP contribution < -0.4 is 25.4 Å². The molecule has 3 N–H and O–H groups in total. The molecular formula is C37H62N4O7. The number of amides is 4. The summed E-state index contributed by atoms with van der Waals surface area (Å²) >= 11 is 0. The third-order valence-electron chi connectivity index (χ3n) is 8.42. The largest absolute Gasteiger partial charge is 0.497 e. The molecule has 0 aromatic heterocycles. The lowest BCUT2D eigenvalue weighted by Crippen LogP contribution is -2.56. The Labute approximate surface area is 288 Å². The Balaban J connectivity index is 3.29. The number of unbranched alkanes of at least 4 members (excludes halogenated alkanes) is 2. The minimum Gasteiger partial charge on any atom is -0.497 e. The second kappa shape index (κ2) is 22.1. The van der Waals surface area contributed by atoms with Gasteiger partial charge in [-0.1, -0.05) is 60.3 Å². The first kappa shape index (κ1) is 42.4. The van der Waals surface area contributed by atoms with Crippen LogP contribution in [0.3, 0.4) is 0 Å². The molecule has 272 valence electrons. The van der Waals surface area contributed by atoms with Crippen LogP contribution in [0.1, 0.15) is 112 Å². The highest BCUT2D eigenvalue weighted by Gasteiger charge is 2.35. The van der Waals surface area contributed by atoms with Crippen LogP contribution >= 0.6 is 0 Å². The Morgan fingerprint density at radius 1 is 0.771 bits per heavy atom. The first-order valence-electron chi connectivity index (χ1n) is 17.6. The molecule has 0 aliphatic carbocycles. The lowest BCUT2D eigenvalue weighted by molar-refractivity contribution is -0.142. The number of benzene rings is 1. The zero-order valence-corrected chi connectivity index (χ0v) is 31.1. The molecule has 0 saturated heterocycles. The molecule has 0 fully saturated rings. The third-order valence-corrected chi connectivity index (χ3v) is 8.42. The minimum atomic E-state index is -1.27. The van der Waals surface area contributed by atoms with Crippen molar-refractivity contribution < 1.29 is 33.4 Å². The van der Waals surface area contributed by atoms with E-state index < -0.39 is 35.6 Å². The van der Waals surface area contributed by atoms with Crippen LogP contribution in [0.15, 0.2) is 18.2 Å². The molecule has 0 spiro atoms. The fraction of sp³-hybridized carbons (Fsp3) is 0.703. The van der Waals surface area contributed by atoms with Crippen LogP contribution in [0.2, 0.25) is 0 Å². The summed E-state index contributed by atoms with van der Waals surface area (Å²) in [5.74, 6) is -2.26. The molecule has 1 aromatic rings. The normalized spacial score (nSPS) is 13.7. The van der Waals surface area contributed by atoms with Crippen LogP contribution in [0.25, 0.3) is 0 Å². The molecule has 2 unspecified atom stereocenters. The molecule has 4 atom stereocenters. The third kappa shape index (κ3) is 14.2. The van der Waals surface area contributed by atoms with Gasteiger partial charge in [-0.25, -0.2) is 0 Å². The highest BCUT2D eigenvalue weighted by Crippen LogP contribution is 2.27. The quantitative estimate of drug-likeness (QED) is 0.107. The van der Waals surface area contributed by atoms with E-state index in [4.69, 9.17) is 9.47 Å². The summed E-state index contributed by atoms with van der Waals surface area (Å²) in [6.07, 6.45) is 5.98. The van der Waals surface area contributed by atoms with Gasteiger partial charge in [0, 0.05) is 43.1 Å². The Bertz CT molecular complexity index is 1190. The fourth-order valence-corrected chi connectivity index (χ4v) is 5.74. The van der Waals surface area contributed by atoms with Crippen molar-refractivity contribution in [2.45, 2.75) is 131 Å². The van der Waals surface area contributed by atoms with Crippen LogP contribution in [0.4, 0.5) is 0 Å². The number of ketones is 1. The van der Waals surface area contributed by atoms with Crippen molar-refractivity contribution in [1.82, 2.24) is 20.9 Å². The molecule has 1 rings (SSSR count). The predicted octanol–water partition coefficient (Wildman–Crippen LogP) is 5.18. The van der Waals surface area contributed by atoms with E-state index in [0.717, 1.165) is 44.1 Å². The zero-order valence-electron chi connectivity index (χ0n) is 31.1. The summed E-state index contributed by atoms with van der Waals surface area (Å²) in [4.78, 5) is 69.0. The molecule has 0 aliphatic rings. The number of methoxy groups -OCH3 is 2. The van der Waals surface area contributed by atoms with Crippen molar-refractivity contribution in [3.05, 3.63) is 23.8 Å². The van der Waals surface area contributed by atoms with Gasteiger partial charge in [-0.3, -0.25) is 24.0 Å². The van der Waals surface area contributed by atoms with E-state index in [0.29, 0.717) is 24.3 Å². The highest BCUT2D eigenvalue weighted by molar-refractivity contribution is 6.38. The molecule has 0 saturated carbocycles. The number of Topliss-reactive ketones (excluding diaryl/α,β-unsaturated/α-hetero) is 1. The molecular weight excluding hydrogens is 612 g/mol. The Kier molecular flexibility index (Phi) is 19.5. The lowest BCUT2D eigenvalue weighted by Gasteiger charge is -2.29. The molecule has 11 heteroatoms. The van der Waals surface area contributed by atoms with Gasteiger partial charge in [0.25, 0.3) is 5.91 Å². The summed E-state index contributed by atoms with van der Waals surface area (Å²) in [6, 6.07) is 2.88. The van der Waals surface area contributed by atoms with E-state index in [1.54, 1.807) is 52.1 Å². The van der Waals surface area contributed by atoms with Crippen molar-refractivity contribution in [2.24, 2.45) is 17.8 Å². The molecule has 4 amide bonds. The molecule has 0 bridgehead atoms. The molecule has 0 heterocycles. The van der Waals surface area contributed by atoms with Gasteiger partial charge in [-0.15, -0.1) is 0 Å². The van der Waals surface area contributed by atoms with Crippen molar-refractivity contribution in [2.75, 3.05) is 21.3 Å². The summed E-state index contributed by atoms with van der Waals surface area (Å²) in [7, 11) is 4.77. The summed E-state index contributed by atoms with van der Waals surface area (Å²) in [5.41, 5.74) is 0.768. The van der Waals surface area contributed by atoms with E-state index in [-0.39, 0.29) is 42.7 Å². The van der Waals surface area contributed by atoms with E-state index in [1.807, 2.05) is 33.8 Å². The van der Waals surface area contributed by atoms with Crippen LogP contribution in [0, 0.1) is 17.8 Å². The van der Waals surface area contributed by atoms with Crippen LogP contribution in [-0.4, -0.2) is 73.7 Å². The predicted molar refractivity (Wildman–Crippen MR) is 189 cm³/mol. The Morgan fingerprint density at radius 3 is 1.98 bits per heavy atom. The average Bonchev–Trinajstić information content (AvgIpc) is 3.04. The van der Waals surface area contributed by atoms with Crippen molar-refractivity contribution >= 4 is 29.4 Å². The van der Waals surface area contributed by atoms with Gasteiger partial charge in [-0.05, 0) is 64.0 Å². The number of hydrogen-bond acceptors (Lipinski definition) is 7. The molecule has 11 nitrogen and oxygen atoms in total. The van der Waals surface area contributed by atoms with Gasteiger partial charge >= 0.3 is 0 Å². The Hall–Kier alpha value is -3.63. The topological polar surface area (TPSA) is 143 Å². The monoisotopic (exact) mass is 674 g/mol.